The highest BCUT2D eigenvalue weighted by Crippen LogP contribution is 1.90. The third-order valence-electron chi connectivity index (χ3n) is 1.76. The van der Waals surface area contributed by atoms with Crippen LogP contribution in [0.4, 0.5) is 0 Å². The highest BCUT2D eigenvalue weighted by atomic mass is 32.2. The van der Waals surface area contributed by atoms with Crippen LogP contribution in [0.3, 0.4) is 0 Å². The van der Waals surface area contributed by atoms with Crippen LogP contribution in [0.5, 0.6) is 0 Å². The summed E-state index contributed by atoms with van der Waals surface area (Å²) in [6.07, 6.45) is 2.27. The maximum absolute atomic E-state index is 10.3. The quantitative estimate of drug-likeness (QED) is 0.311. The van der Waals surface area contributed by atoms with E-state index in [-0.39, 0.29) is 24.7 Å². The SMILES string of the molecule is CC=C(O)COCCCNCCS(=O)(=O)O. The van der Waals surface area contributed by atoms with Crippen molar-refractivity contribution in [3.05, 3.63) is 11.8 Å². The zero-order valence-electron chi connectivity index (χ0n) is 9.35. The van der Waals surface area contributed by atoms with Crippen molar-refractivity contribution in [3.8, 4) is 0 Å². The van der Waals surface area contributed by atoms with Gasteiger partial charge in [-0.2, -0.15) is 8.42 Å². The Labute approximate surface area is 96.1 Å². The molecule has 0 atom stereocenters. The molecule has 0 aromatic heterocycles. The van der Waals surface area contributed by atoms with Crippen molar-refractivity contribution in [3.63, 3.8) is 0 Å². The highest BCUT2D eigenvalue weighted by Gasteiger charge is 2.02. The minimum absolute atomic E-state index is 0.194. The van der Waals surface area contributed by atoms with Crippen LogP contribution in [0.1, 0.15) is 13.3 Å². The summed E-state index contributed by atoms with van der Waals surface area (Å²) < 4.78 is 34.2. The predicted octanol–water partition coefficient (Wildman–Crippen LogP) is 0.332. The molecule has 0 aromatic carbocycles. The first kappa shape index (κ1) is 15.4. The molecule has 0 saturated carbocycles. The Morgan fingerprint density at radius 3 is 2.69 bits per heavy atom. The van der Waals surface area contributed by atoms with E-state index in [1.165, 1.54) is 0 Å². The van der Waals surface area contributed by atoms with E-state index in [4.69, 9.17) is 14.4 Å². The molecule has 0 amide bonds. The molecular formula is C9H19NO5S. The van der Waals surface area contributed by atoms with Crippen molar-refractivity contribution >= 4 is 10.1 Å². The molecule has 0 spiro atoms. The van der Waals surface area contributed by atoms with Crippen molar-refractivity contribution in [1.82, 2.24) is 5.32 Å². The molecule has 96 valence electrons. The molecule has 0 unspecified atom stereocenters. The lowest BCUT2D eigenvalue weighted by molar-refractivity contribution is 0.125. The normalized spacial score (nSPS) is 13.0. The first-order valence-electron chi connectivity index (χ1n) is 5.03. The first-order valence-corrected chi connectivity index (χ1v) is 6.64. The van der Waals surface area contributed by atoms with Gasteiger partial charge in [-0.15, -0.1) is 0 Å². The lowest BCUT2D eigenvalue weighted by Gasteiger charge is -2.04. The van der Waals surface area contributed by atoms with E-state index in [1.807, 2.05) is 0 Å². The molecule has 0 aliphatic carbocycles. The minimum atomic E-state index is -3.87. The van der Waals surface area contributed by atoms with Crippen LogP contribution < -0.4 is 5.32 Å². The average Bonchev–Trinajstić information content (AvgIpc) is 2.20. The fourth-order valence-electron chi connectivity index (χ4n) is 0.885. The van der Waals surface area contributed by atoms with Crippen molar-refractivity contribution in [1.29, 1.82) is 0 Å². The molecule has 7 heteroatoms. The Morgan fingerprint density at radius 1 is 1.44 bits per heavy atom. The number of ether oxygens (including phenoxy) is 1. The van der Waals surface area contributed by atoms with Crippen molar-refractivity contribution < 1.29 is 22.8 Å². The van der Waals surface area contributed by atoms with Gasteiger partial charge in [0.05, 0.1) is 5.75 Å². The molecule has 0 radical (unpaired) electrons. The topological polar surface area (TPSA) is 95.9 Å². The van der Waals surface area contributed by atoms with Gasteiger partial charge < -0.3 is 15.2 Å². The third kappa shape index (κ3) is 11.4. The first-order chi connectivity index (χ1) is 7.45. The Bertz CT molecular complexity index is 299. The lowest BCUT2D eigenvalue weighted by Crippen LogP contribution is -2.24. The second kappa shape index (κ2) is 8.51. The molecule has 6 nitrogen and oxygen atoms in total. The summed E-state index contributed by atoms with van der Waals surface area (Å²) in [5, 5.41) is 11.9. The van der Waals surface area contributed by atoms with Gasteiger partial charge in [0, 0.05) is 13.2 Å². The molecular weight excluding hydrogens is 234 g/mol. The van der Waals surface area contributed by atoms with E-state index < -0.39 is 10.1 Å². The second-order valence-electron chi connectivity index (χ2n) is 3.22. The monoisotopic (exact) mass is 253 g/mol. The summed E-state index contributed by atoms with van der Waals surface area (Å²) in [5.41, 5.74) is 0. The van der Waals surface area contributed by atoms with Gasteiger partial charge in [0.2, 0.25) is 0 Å². The summed E-state index contributed by atoms with van der Waals surface area (Å²) in [4.78, 5) is 0. The zero-order valence-corrected chi connectivity index (χ0v) is 10.2. The number of nitrogens with one attached hydrogen (secondary N) is 1. The Balaban J connectivity index is 3.23. The zero-order chi connectivity index (χ0) is 12.4. The van der Waals surface area contributed by atoms with Gasteiger partial charge in [-0.3, -0.25) is 4.55 Å². The van der Waals surface area contributed by atoms with E-state index in [2.05, 4.69) is 5.32 Å². The van der Waals surface area contributed by atoms with Crippen LogP contribution in [0.25, 0.3) is 0 Å². The highest BCUT2D eigenvalue weighted by molar-refractivity contribution is 7.85. The number of aliphatic hydroxyl groups is 1. The molecule has 16 heavy (non-hydrogen) atoms. The van der Waals surface area contributed by atoms with E-state index in [0.717, 1.165) is 0 Å². The minimum Gasteiger partial charge on any atom is -0.510 e. The van der Waals surface area contributed by atoms with Gasteiger partial charge >= 0.3 is 0 Å². The average molecular weight is 253 g/mol. The van der Waals surface area contributed by atoms with Gasteiger partial charge in [0.15, 0.2) is 0 Å². The van der Waals surface area contributed by atoms with Crippen molar-refractivity contribution in [2.75, 3.05) is 32.1 Å². The van der Waals surface area contributed by atoms with Gasteiger partial charge in [0.1, 0.15) is 12.4 Å². The molecule has 0 aliphatic rings. The fraction of sp³-hybridized carbons (Fsp3) is 0.778. The number of allylic oxidation sites excluding steroid dienone is 1. The summed E-state index contributed by atoms with van der Waals surface area (Å²) in [7, 11) is -3.87. The predicted molar refractivity (Wildman–Crippen MR) is 61.1 cm³/mol. The smallest absolute Gasteiger partial charge is 0.266 e. The maximum Gasteiger partial charge on any atom is 0.266 e. The Hall–Kier alpha value is -0.630. The van der Waals surface area contributed by atoms with E-state index in [0.29, 0.717) is 19.6 Å². The standard InChI is InChI=1S/C9H19NO5S/c1-2-9(11)8-15-6-3-4-10-5-7-16(12,13)14/h2,10-11H,3-8H2,1H3,(H,12,13,14). The van der Waals surface area contributed by atoms with Crippen LogP contribution in [-0.2, 0) is 14.9 Å². The van der Waals surface area contributed by atoms with E-state index >= 15 is 0 Å². The van der Waals surface area contributed by atoms with Crippen LogP contribution in [0, 0.1) is 0 Å². The second-order valence-corrected chi connectivity index (χ2v) is 4.79. The van der Waals surface area contributed by atoms with Gasteiger partial charge in [-0.25, -0.2) is 0 Å². The van der Waals surface area contributed by atoms with Crippen molar-refractivity contribution in [2.24, 2.45) is 0 Å². The lowest BCUT2D eigenvalue weighted by atomic mass is 10.4. The number of aliphatic hydroxyl groups excluding tert-OH is 1. The summed E-state index contributed by atoms with van der Waals surface area (Å²) >= 11 is 0. The van der Waals surface area contributed by atoms with Crippen LogP contribution in [0.2, 0.25) is 0 Å². The number of hydrogen-bond acceptors (Lipinski definition) is 5. The third-order valence-corrected chi connectivity index (χ3v) is 2.48. The Morgan fingerprint density at radius 2 is 2.12 bits per heavy atom. The molecule has 0 rings (SSSR count). The van der Waals surface area contributed by atoms with Gasteiger partial charge in [0.25, 0.3) is 10.1 Å². The molecule has 3 N–H and O–H groups in total. The van der Waals surface area contributed by atoms with Gasteiger partial charge in [-0.05, 0) is 26.0 Å². The molecule has 0 fully saturated rings. The van der Waals surface area contributed by atoms with E-state index in [9.17, 15) is 8.42 Å². The van der Waals surface area contributed by atoms with Gasteiger partial charge in [-0.1, -0.05) is 0 Å². The molecule has 0 aliphatic heterocycles. The van der Waals surface area contributed by atoms with E-state index in [1.54, 1.807) is 13.0 Å². The van der Waals surface area contributed by atoms with Crippen LogP contribution >= 0.6 is 0 Å². The Kier molecular flexibility index (Phi) is 8.18. The largest absolute Gasteiger partial charge is 0.510 e. The van der Waals surface area contributed by atoms with Crippen molar-refractivity contribution in [2.45, 2.75) is 13.3 Å². The maximum atomic E-state index is 10.3. The molecule has 0 bridgehead atoms. The number of rotatable bonds is 9. The van der Waals surface area contributed by atoms with Crippen LogP contribution in [0.15, 0.2) is 11.8 Å². The molecule has 0 heterocycles. The summed E-state index contributed by atoms with van der Waals surface area (Å²) in [5.74, 6) is -0.0907. The molecule has 0 saturated heterocycles. The summed E-state index contributed by atoms with van der Waals surface area (Å²) in [6, 6.07) is 0. The summed E-state index contributed by atoms with van der Waals surface area (Å²) in [6.45, 7) is 3.22. The molecule has 0 aromatic rings. The fourth-order valence-corrected chi connectivity index (χ4v) is 1.29. The number of hydrogen-bond donors (Lipinski definition) is 3. The van der Waals surface area contributed by atoms with Crippen LogP contribution in [-0.4, -0.2) is 50.1 Å².